The van der Waals surface area contributed by atoms with Crippen LogP contribution < -0.4 is 5.32 Å². The molecule has 0 aliphatic carbocycles. The number of benzene rings is 2. The number of nitrogens with zero attached hydrogens (tertiary/aromatic N) is 4. The van der Waals surface area contributed by atoms with Gasteiger partial charge in [-0.2, -0.15) is 5.26 Å². The van der Waals surface area contributed by atoms with E-state index in [1.54, 1.807) is 12.1 Å². The van der Waals surface area contributed by atoms with E-state index in [0.29, 0.717) is 17.8 Å². The summed E-state index contributed by atoms with van der Waals surface area (Å²) < 4.78 is 1.94. The van der Waals surface area contributed by atoms with Gasteiger partial charge in [0.1, 0.15) is 11.9 Å². The van der Waals surface area contributed by atoms with Gasteiger partial charge in [0.25, 0.3) is 5.69 Å². The van der Waals surface area contributed by atoms with E-state index >= 15 is 0 Å². The SMILES string of the molecule is Cc1cc(NCc2ccc([N+](=O)[O-])cc2)n2c(nc3ccccc32)c1C#N. The van der Waals surface area contributed by atoms with Gasteiger partial charge in [-0.1, -0.05) is 24.3 Å². The van der Waals surface area contributed by atoms with Crippen LogP contribution in [-0.2, 0) is 6.54 Å². The van der Waals surface area contributed by atoms with E-state index in [0.717, 1.165) is 28.0 Å². The summed E-state index contributed by atoms with van der Waals surface area (Å²) in [5, 5.41) is 23.7. The largest absolute Gasteiger partial charge is 0.367 e. The molecule has 2 heterocycles. The van der Waals surface area contributed by atoms with Gasteiger partial charge in [-0.3, -0.25) is 14.5 Å². The van der Waals surface area contributed by atoms with Crippen LogP contribution in [0.2, 0.25) is 0 Å². The number of para-hydroxylation sites is 2. The maximum atomic E-state index is 10.8. The lowest BCUT2D eigenvalue weighted by Crippen LogP contribution is -2.06. The van der Waals surface area contributed by atoms with E-state index in [9.17, 15) is 15.4 Å². The van der Waals surface area contributed by atoms with Crippen LogP contribution in [0.25, 0.3) is 16.7 Å². The number of imidazole rings is 1. The van der Waals surface area contributed by atoms with Crippen LogP contribution in [0, 0.1) is 28.4 Å². The molecule has 0 aliphatic heterocycles. The first-order chi connectivity index (χ1) is 13.1. The molecule has 0 fully saturated rings. The van der Waals surface area contributed by atoms with Crippen molar-refractivity contribution in [3.8, 4) is 6.07 Å². The molecule has 0 saturated heterocycles. The second-order valence-corrected chi connectivity index (χ2v) is 6.24. The Balaban J connectivity index is 1.77. The second kappa shape index (κ2) is 6.42. The van der Waals surface area contributed by atoms with Gasteiger partial charge in [0.05, 0.1) is 21.5 Å². The first kappa shape index (κ1) is 16.5. The van der Waals surface area contributed by atoms with E-state index in [1.807, 2.05) is 41.7 Å². The van der Waals surface area contributed by atoms with Crippen molar-refractivity contribution in [2.45, 2.75) is 13.5 Å². The third-order valence-corrected chi connectivity index (χ3v) is 4.51. The topological polar surface area (TPSA) is 96.3 Å². The summed E-state index contributed by atoms with van der Waals surface area (Å²) in [6.45, 7) is 2.37. The molecule has 0 amide bonds. The van der Waals surface area contributed by atoms with Gasteiger partial charge >= 0.3 is 0 Å². The number of aromatic nitrogens is 2. The van der Waals surface area contributed by atoms with Crippen molar-refractivity contribution in [2.75, 3.05) is 5.32 Å². The number of pyridine rings is 1. The molecule has 0 bridgehead atoms. The van der Waals surface area contributed by atoms with Crippen molar-refractivity contribution >= 4 is 28.2 Å². The van der Waals surface area contributed by atoms with Gasteiger partial charge in [-0.25, -0.2) is 4.98 Å². The molecule has 7 nitrogen and oxygen atoms in total. The van der Waals surface area contributed by atoms with Crippen LogP contribution in [-0.4, -0.2) is 14.3 Å². The third kappa shape index (κ3) is 2.83. The summed E-state index contributed by atoms with van der Waals surface area (Å²) in [5.41, 5.74) is 4.72. The minimum Gasteiger partial charge on any atom is -0.367 e. The van der Waals surface area contributed by atoms with Gasteiger partial charge in [0, 0.05) is 18.7 Å². The number of aryl methyl sites for hydroxylation is 1. The highest BCUT2D eigenvalue weighted by Crippen LogP contribution is 2.27. The number of hydrogen-bond acceptors (Lipinski definition) is 5. The lowest BCUT2D eigenvalue weighted by Gasteiger charge is -2.12. The molecule has 27 heavy (non-hydrogen) atoms. The number of nitrogens with one attached hydrogen (secondary N) is 1. The Morgan fingerprint density at radius 3 is 2.67 bits per heavy atom. The fourth-order valence-corrected chi connectivity index (χ4v) is 3.15. The van der Waals surface area contributed by atoms with Crippen molar-refractivity contribution in [3.63, 3.8) is 0 Å². The van der Waals surface area contributed by atoms with Crippen molar-refractivity contribution in [2.24, 2.45) is 0 Å². The van der Waals surface area contributed by atoms with Crippen molar-refractivity contribution < 1.29 is 4.92 Å². The van der Waals surface area contributed by atoms with E-state index < -0.39 is 4.92 Å². The molecule has 1 N–H and O–H groups in total. The predicted octanol–water partition coefficient (Wildman–Crippen LogP) is 4.19. The molecule has 0 saturated carbocycles. The summed E-state index contributed by atoms with van der Waals surface area (Å²) in [4.78, 5) is 15.0. The second-order valence-electron chi connectivity index (χ2n) is 6.24. The number of nitriles is 1. The average molecular weight is 357 g/mol. The van der Waals surface area contributed by atoms with E-state index in [1.165, 1.54) is 12.1 Å². The van der Waals surface area contributed by atoms with Crippen LogP contribution in [0.3, 0.4) is 0 Å². The Morgan fingerprint density at radius 1 is 1.22 bits per heavy atom. The maximum absolute atomic E-state index is 10.8. The number of fused-ring (bicyclic) bond motifs is 3. The fourth-order valence-electron chi connectivity index (χ4n) is 3.15. The zero-order chi connectivity index (χ0) is 19.0. The zero-order valence-corrected chi connectivity index (χ0v) is 14.5. The molecule has 2 aromatic carbocycles. The number of rotatable bonds is 4. The zero-order valence-electron chi connectivity index (χ0n) is 14.5. The van der Waals surface area contributed by atoms with Gasteiger partial charge in [0.2, 0.25) is 0 Å². The molecule has 7 heteroatoms. The number of nitro groups is 1. The van der Waals surface area contributed by atoms with E-state index in [-0.39, 0.29) is 5.69 Å². The highest BCUT2D eigenvalue weighted by Gasteiger charge is 2.15. The summed E-state index contributed by atoms with van der Waals surface area (Å²) in [6, 6.07) is 18.3. The molecule has 0 atom stereocenters. The van der Waals surface area contributed by atoms with Crippen molar-refractivity contribution in [1.82, 2.24) is 9.38 Å². The van der Waals surface area contributed by atoms with E-state index in [4.69, 9.17) is 0 Å². The number of non-ortho nitro benzene ring substituents is 1. The molecule has 0 unspecified atom stereocenters. The molecule has 132 valence electrons. The van der Waals surface area contributed by atoms with Gasteiger partial charge in [-0.05, 0) is 36.2 Å². The molecular formula is C20H15N5O2. The Labute approximate surface area is 154 Å². The number of nitro benzene ring substituents is 1. The third-order valence-electron chi connectivity index (χ3n) is 4.51. The molecule has 0 aliphatic rings. The molecule has 2 aromatic heterocycles. The van der Waals surface area contributed by atoms with Gasteiger partial charge < -0.3 is 5.32 Å². The molecule has 0 spiro atoms. The highest BCUT2D eigenvalue weighted by atomic mass is 16.6. The Bertz CT molecular complexity index is 1220. The fraction of sp³-hybridized carbons (Fsp3) is 0.100. The Morgan fingerprint density at radius 2 is 1.96 bits per heavy atom. The predicted molar refractivity (Wildman–Crippen MR) is 103 cm³/mol. The van der Waals surface area contributed by atoms with Crippen LogP contribution >= 0.6 is 0 Å². The smallest absolute Gasteiger partial charge is 0.269 e. The number of hydrogen-bond donors (Lipinski definition) is 1. The molecular weight excluding hydrogens is 342 g/mol. The summed E-state index contributed by atoms with van der Waals surface area (Å²) >= 11 is 0. The molecule has 0 radical (unpaired) electrons. The lowest BCUT2D eigenvalue weighted by molar-refractivity contribution is -0.384. The first-order valence-electron chi connectivity index (χ1n) is 8.36. The number of anilines is 1. The van der Waals surface area contributed by atoms with Crippen LogP contribution in [0.1, 0.15) is 16.7 Å². The highest BCUT2D eigenvalue weighted by molar-refractivity contribution is 5.85. The Hall–Kier alpha value is -3.92. The Kier molecular flexibility index (Phi) is 3.94. The van der Waals surface area contributed by atoms with Crippen molar-refractivity contribution in [3.05, 3.63) is 81.4 Å². The van der Waals surface area contributed by atoms with Gasteiger partial charge in [-0.15, -0.1) is 0 Å². The lowest BCUT2D eigenvalue weighted by atomic mass is 10.1. The van der Waals surface area contributed by atoms with Crippen LogP contribution in [0.4, 0.5) is 11.5 Å². The monoisotopic (exact) mass is 357 g/mol. The standard InChI is InChI=1S/C20H15N5O2/c1-13-10-19(22-12-14-6-8-15(9-7-14)25(26)27)24-18-5-3-2-4-17(18)23-20(24)16(13)11-21/h2-10,22H,12H2,1H3. The summed E-state index contributed by atoms with van der Waals surface area (Å²) in [7, 11) is 0. The molecule has 4 aromatic rings. The minimum atomic E-state index is -0.414. The van der Waals surface area contributed by atoms with Crippen molar-refractivity contribution in [1.29, 1.82) is 5.26 Å². The van der Waals surface area contributed by atoms with Gasteiger partial charge in [0.15, 0.2) is 5.65 Å². The van der Waals surface area contributed by atoms with E-state index in [2.05, 4.69) is 16.4 Å². The molecule has 4 rings (SSSR count). The minimum absolute atomic E-state index is 0.0657. The van der Waals surface area contributed by atoms with Crippen LogP contribution in [0.15, 0.2) is 54.6 Å². The summed E-state index contributed by atoms with van der Waals surface area (Å²) in [6.07, 6.45) is 0. The average Bonchev–Trinajstić information content (AvgIpc) is 3.06. The first-order valence-corrected chi connectivity index (χ1v) is 8.36. The quantitative estimate of drug-likeness (QED) is 0.436. The maximum Gasteiger partial charge on any atom is 0.269 e. The summed E-state index contributed by atoms with van der Waals surface area (Å²) in [5.74, 6) is 0.813. The van der Waals surface area contributed by atoms with Crippen LogP contribution in [0.5, 0.6) is 0 Å². The normalized spacial score (nSPS) is 10.8.